The molecule has 0 bridgehead atoms. The van der Waals surface area contributed by atoms with Crippen molar-refractivity contribution >= 4 is 67.8 Å². The number of halogens is 1. The number of carbonyl (C=O) groups is 1. The molecule has 4 aromatic carbocycles. The van der Waals surface area contributed by atoms with Crippen LogP contribution < -0.4 is 10.6 Å². The molecule has 8 heteroatoms. The van der Waals surface area contributed by atoms with Gasteiger partial charge in [-0.25, -0.2) is 4.98 Å². The van der Waals surface area contributed by atoms with Gasteiger partial charge in [0.25, 0.3) is 0 Å². The van der Waals surface area contributed by atoms with Crippen molar-refractivity contribution in [3.63, 3.8) is 0 Å². The van der Waals surface area contributed by atoms with E-state index in [0.717, 1.165) is 54.4 Å². The predicted molar refractivity (Wildman–Crippen MR) is 180 cm³/mol. The second-order valence-corrected chi connectivity index (χ2v) is 12.7. The van der Waals surface area contributed by atoms with Crippen molar-refractivity contribution < 1.29 is 4.79 Å². The van der Waals surface area contributed by atoms with Crippen LogP contribution in [0.1, 0.15) is 33.2 Å². The van der Waals surface area contributed by atoms with E-state index < -0.39 is 5.92 Å². The van der Waals surface area contributed by atoms with Gasteiger partial charge >= 0.3 is 0 Å². The Morgan fingerprint density at radius 3 is 2.53 bits per heavy atom. The largest absolute Gasteiger partial charge is 0.349 e. The molecule has 6 rings (SSSR count). The molecule has 0 radical (unpaired) electrons. The summed E-state index contributed by atoms with van der Waals surface area (Å²) in [5.74, 6) is -0.531. The first kappa shape index (κ1) is 28.8. The van der Waals surface area contributed by atoms with Gasteiger partial charge in [0.15, 0.2) is 0 Å². The Kier molecular flexibility index (Phi) is 8.35. The number of thioether (sulfide) groups is 1. The number of carbonyl (C=O) groups excluding carboxylic acids is 1. The number of allylic oxidation sites excluding steroid dienone is 2. The molecule has 1 unspecified atom stereocenters. The Balaban J connectivity index is 1.47. The number of nitrogens with one attached hydrogen (secondary N) is 2. The highest BCUT2D eigenvalue weighted by Gasteiger charge is 2.36. The van der Waals surface area contributed by atoms with Gasteiger partial charge in [-0.1, -0.05) is 96.2 Å². The molecule has 0 saturated heterocycles. The molecule has 1 amide bonds. The first-order chi connectivity index (χ1) is 20.9. The highest BCUT2D eigenvalue weighted by molar-refractivity contribution is 8.03. The lowest BCUT2D eigenvalue weighted by Crippen LogP contribution is -2.25. The zero-order chi connectivity index (χ0) is 29.9. The fraction of sp³-hybridized carbons (Fsp3) is 0.114. The average molecular weight is 619 g/mol. The van der Waals surface area contributed by atoms with Gasteiger partial charge in [-0.3, -0.25) is 4.79 Å². The minimum absolute atomic E-state index is 0.120. The Hall–Kier alpha value is -4.35. The molecule has 2 heterocycles. The molecule has 1 atom stereocenters. The smallest absolute Gasteiger partial charge is 0.234 e. The van der Waals surface area contributed by atoms with Crippen molar-refractivity contribution in [2.75, 3.05) is 11.1 Å². The quantitative estimate of drug-likeness (QED) is 0.190. The van der Waals surface area contributed by atoms with Crippen LogP contribution in [-0.4, -0.2) is 16.6 Å². The van der Waals surface area contributed by atoms with Gasteiger partial charge in [0.05, 0.1) is 44.3 Å². The monoisotopic (exact) mass is 618 g/mol. The van der Waals surface area contributed by atoms with E-state index in [1.807, 2.05) is 105 Å². The molecule has 0 fully saturated rings. The molecule has 5 nitrogen and oxygen atoms in total. The fourth-order valence-electron chi connectivity index (χ4n) is 5.16. The fourth-order valence-corrected chi connectivity index (χ4v) is 7.29. The van der Waals surface area contributed by atoms with E-state index in [4.69, 9.17) is 16.6 Å². The molecular formula is C35H27ClN4OS2. The van der Waals surface area contributed by atoms with Gasteiger partial charge in [-0.2, -0.15) is 5.26 Å². The number of thiazole rings is 1. The van der Waals surface area contributed by atoms with Crippen LogP contribution in [0.3, 0.4) is 0 Å². The molecule has 5 aromatic rings. The number of dihydropyridines is 1. The number of amides is 1. The summed E-state index contributed by atoms with van der Waals surface area (Å²) in [5, 5.41) is 19.3. The third-order valence-electron chi connectivity index (χ3n) is 7.27. The van der Waals surface area contributed by atoms with E-state index in [2.05, 4.69) is 22.8 Å². The molecule has 1 aliphatic rings. The predicted octanol–water partition coefficient (Wildman–Crippen LogP) is 8.93. The first-order valence-electron chi connectivity index (χ1n) is 13.7. The van der Waals surface area contributed by atoms with Crippen LogP contribution in [0.4, 0.5) is 5.69 Å². The van der Waals surface area contributed by atoms with E-state index in [1.165, 1.54) is 11.8 Å². The highest BCUT2D eigenvalue weighted by atomic mass is 35.5. The molecule has 0 saturated carbocycles. The van der Waals surface area contributed by atoms with Crippen molar-refractivity contribution in [2.24, 2.45) is 0 Å². The lowest BCUT2D eigenvalue weighted by Gasteiger charge is -2.31. The maximum absolute atomic E-state index is 13.1. The number of para-hydroxylation sites is 1. The Bertz CT molecular complexity index is 1920. The van der Waals surface area contributed by atoms with E-state index in [0.29, 0.717) is 15.6 Å². The number of hydrogen-bond acceptors (Lipinski definition) is 6. The maximum Gasteiger partial charge on any atom is 0.234 e. The molecule has 43 heavy (non-hydrogen) atoms. The van der Waals surface area contributed by atoms with Crippen molar-refractivity contribution in [2.45, 2.75) is 19.8 Å². The van der Waals surface area contributed by atoms with Gasteiger partial charge in [0.1, 0.15) is 5.01 Å². The molecule has 0 spiro atoms. The first-order valence-corrected chi connectivity index (χ1v) is 15.9. The molecule has 1 aliphatic heterocycles. The number of anilines is 1. The van der Waals surface area contributed by atoms with Gasteiger partial charge < -0.3 is 10.6 Å². The standard InChI is InChI=1S/C35H27ClN4OS2/c1-21-16-17-22(2)28(18-21)38-30(41)20-42-34-25(19-37)31(24-12-6-7-13-26(24)36)32(33(40-34)23-10-4-3-5-11-23)35-39-27-14-8-9-15-29(27)43-35/h3-18,31,40H,20H2,1-2H3,(H,38,41). The number of hydrogen-bond donors (Lipinski definition) is 2. The Morgan fingerprint density at radius 1 is 1.02 bits per heavy atom. The van der Waals surface area contributed by atoms with Crippen molar-refractivity contribution in [3.05, 3.63) is 140 Å². The molecule has 0 aliphatic carbocycles. The summed E-state index contributed by atoms with van der Waals surface area (Å²) in [4.78, 5) is 18.2. The number of fused-ring (bicyclic) bond motifs is 1. The van der Waals surface area contributed by atoms with Crippen molar-refractivity contribution in [1.29, 1.82) is 5.26 Å². The number of aryl methyl sites for hydroxylation is 2. The normalized spacial score (nSPS) is 14.9. The topological polar surface area (TPSA) is 77.8 Å². The van der Waals surface area contributed by atoms with E-state index in [9.17, 15) is 10.1 Å². The summed E-state index contributed by atoms with van der Waals surface area (Å²) >= 11 is 9.73. The molecule has 212 valence electrons. The Morgan fingerprint density at radius 2 is 1.77 bits per heavy atom. The third-order valence-corrected chi connectivity index (χ3v) is 9.70. The maximum atomic E-state index is 13.1. The number of benzene rings is 4. The molecule has 1 aromatic heterocycles. The number of nitrogens with zero attached hydrogens (tertiary/aromatic N) is 2. The zero-order valence-electron chi connectivity index (χ0n) is 23.5. The highest BCUT2D eigenvalue weighted by Crippen LogP contribution is 2.50. The average Bonchev–Trinajstić information content (AvgIpc) is 3.46. The summed E-state index contributed by atoms with van der Waals surface area (Å²) in [7, 11) is 0. The zero-order valence-corrected chi connectivity index (χ0v) is 25.9. The lowest BCUT2D eigenvalue weighted by atomic mass is 9.81. The summed E-state index contributed by atoms with van der Waals surface area (Å²) in [6.45, 7) is 3.96. The molecular weight excluding hydrogens is 592 g/mol. The van der Waals surface area contributed by atoms with Crippen LogP contribution in [0.15, 0.2) is 108 Å². The van der Waals surface area contributed by atoms with Crippen molar-refractivity contribution in [3.8, 4) is 6.07 Å². The van der Waals surface area contributed by atoms with Crippen LogP contribution in [0, 0.1) is 25.2 Å². The third kappa shape index (κ3) is 5.95. The van der Waals surface area contributed by atoms with E-state index >= 15 is 0 Å². The van der Waals surface area contributed by atoms with Crippen LogP contribution in [0.2, 0.25) is 5.02 Å². The number of nitriles is 1. The SMILES string of the molecule is Cc1ccc(C)c(NC(=O)CSC2=C(C#N)C(c3ccccc3Cl)C(c3nc4ccccc4s3)=C(c3ccccc3)N2)c1. The number of aromatic nitrogens is 1. The Labute approximate surface area is 263 Å². The van der Waals surface area contributed by atoms with Gasteiger partial charge in [0.2, 0.25) is 5.91 Å². The van der Waals surface area contributed by atoms with E-state index in [1.54, 1.807) is 11.3 Å². The van der Waals surface area contributed by atoms with Crippen LogP contribution in [0.25, 0.3) is 21.5 Å². The molecule has 2 N–H and O–H groups in total. The lowest BCUT2D eigenvalue weighted by molar-refractivity contribution is -0.113. The summed E-state index contributed by atoms with van der Waals surface area (Å²) in [6.07, 6.45) is 0. The second kappa shape index (κ2) is 12.5. The van der Waals surface area contributed by atoms with Crippen molar-refractivity contribution in [1.82, 2.24) is 10.3 Å². The van der Waals surface area contributed by atoms with Crippen LogP contribution in [0.5, 0.6) is 0 Å². The van der Waals surface area contributed by atoms with Gasteiger partial charge in [-0.05, 0) is 60.4 Å². The van der Waals surface area contributed by atoms with E-state index in [-0.39, 0.29) is 11.7 Å². The summed E-state index contributed by atoms with van der Waals surface area (Å²) in [6, 6.07) is 34.1. The summed E-state index contributed by atoms with van der Waals surface area (Å²) < 4.78 is 1.06. The minimum atomic E-state index is -0.500. The minimum Gasteiger partial charge on any atom is -0.349 e. The second-order valence-electron chi connectivity index (χ2n) is 10.2. The summed E-state index contributed by atoms with van der Waals surface area (Å²) in [5.41, 5.74) is 7.70. The van der Waals surface area contributed by atoms with Crippen LogP contribution >= 0.6 is 34.7 Å². The number of rotatable bonds is 7. The van der Waals surface area contributed by atoms with Gasteiger partial charge in [-0.15, -0.1) is 11.3 Å². The van der Waals surface area contributed by atoms with Gasteiger partial charge in [0, 0.05) is 16.3 Å². The van der Waals surface area contributed by atoms with Crippen LogP contribution in [-0.2, 0) is 4.79 Å².